The number of halogens is 3. The molecule has 1 amide bonds. The van der Waals surface area contributed by atoms with Gasteiger partial charge < -0.3 is 4.90 Å². The van der Waals surface area contributed by atoms with Crippen molar-refractivity contribution in [1.82, 2.24) is 4.90 Å². The second kappa shape index (κ2) is 5.51. The van der Waals surface area contributed by atoms with Gasteiger partial charge in [-0.15, -0.1) is 0 Å². The van der Waals surface area contributed by atoms with Gasteiger partial charge in [-0.25, -0.2) is 8.42 Å². The molecular weight excluding hydrogens is 331 g/mol. The largest absolute Gasteiger partial charge is 0.416 e. The fourth-order valence-corrected chi connectivity index (χ4v) is 4.82. The van der Waals surface area contributed by atoms with Crippen LogP contribution < -0.4 is 0 Å². The topological polar surface area (TPSA) is 54.5 Å². The molecule has 1 aromatic rings. The molecule has 2 saturated heterocycles. The van der Waals surface area contributed by atoms with Gasteiger partial charge in [0.15, 0.2) is 9.84 Å². The fraction of sp³-hybridized carbons (Fsp3) is 0.533. The summed E-state index contributed by atoms with van der Waals surface area (Å²) in [5.74, 6) is -0.902. The van der Waals surface area contributed by atoms with Crippen LogP contribution in [0.5, 0.6) is 0 Å². The van der Waals surface area contributed by atoms with E-state index in [4.69, 9.17) is 0 Å². The second-order valence-corrected chi connectivity index (χ2v) is 8.39. The third-order valence-corrected chi connectivity index (χ3v) is 6.23. The average molecular weight is 347 g/mol. The molecule has 0 saturated carbocycles. The molecule has 0 bridgehead atoms. The molecule has 0 radical (unpaired) electrons. The fourth-order valence-electron chi connectivity index (χ4n) is 3.09. The molecule has 3 rings (SSSR count). The first-order valence-electron chi connectivity index (χ1n) is 7.32. The molecule has 126 valence electrons. The van der Waals surface area contributed by atoms with Gasteiger partial charge in [0.25, 0.3) is 0 Å². The number of rotatable bonds is 2. The van der Waals surface area contributed by atoms with Crippen molar-refractivity contribution in [2.24, 2.45) is 5.92 Å². The molecule has 0 N–H and O–H groups in total. The van der Waals surface area contributed by atoms with Crippen LogP contribution >= 0.6 is 0 Å². The monoisotopic (exact) mass is 347 g/mol. The molecule has 2 heterocycles. The van der Waals surface area contributed by atoms with Crippen molar-refractivity contribution in [1.29, 1.82) is 0 Å². The smallest absolute Gasteiger partial charge is 0.341 e. The van der Waals surface area contributed by atoms with Crippen molar-refractivity contribution in [3.8, 4) is 0 Å². The van der Waals surface area contributed by atoms with Gasteiger partial charge >= 0.3 is 6.18 Å². The van der Waals surface area contributed by atoms with E-state index >= 15 is 0 Å². The summed E-state index contributed by atoms with van der Waals surface area (Å²) in [7, 11) is -3.12. The summed E-state index contributed by atoms with van der Waals surface area (Å²) in [5.41, 5.74) is -0.135. The molecule has 1 aromatic carbocycles. The first-order chi connectivity index (χ1) is 10.7. The number of hydrogen-bond acceptors (Lipinski definition) is 3. The Morgan fingerprint density at radius 1 is 1.22 bits per heavy atom. The predicted octanol–water partition coefficient (Wildman–Crippen LogP) is 2.07. The minimum atomic E-state index is -4.38. The quantitative estimate of drug-likeness (QED) is 0.823. The first-order valence-corrected chi connectivity index (χ1v) is 9.14. The lowest BCUT2D eigenvalue weighted by atomic mass is 9.89. The number of sulfone groups is 1. The van der Waals surface area contributed by atoms with Crippen LogP contribution in [0.1, 0.15) is 23.5 Å². The Kier molecular flexibility index (Phi) is 3.90. The molecule has 4 nitrogen and oxygen atoms in total. The van der Waals surface area contributed by atoms with Crippen molar-refractivity contribution in [3.63, 3.8) is 0 Å². The van der Waals surface area contributed by atoms with Gasteiger partial charge in [-0.3, -0.25) is 4.79 Å². The van der Waals surface area contributed by atoms with E-state index < -0.39 is 27.5 Å². The van der Waals surface area contributed by atoms with Gasteiger partial charge in [0, 0.05) is 19.0 Å². The SMILES string of the molecule is O=C(C1CCS(=O)(=O)C1)N1CC(c2cccc(C(F)(F)F)c2)C1. The molecule has 0 aromatic heterocycles. The standard InChI is InChI=1S/C15H16F3NO3S/c16-15(17,18)13-3-1-2-10(6-13)12-7-19(8-12)14(20)11-4-5-23(21,22)9-11/h1-3,6,11-12H,4-5,7-9H2. The lowest BCUT2D eigenvalue weighted by Crippen LogP contribution is -2.50. The number of carbonyl (C=O) groups excluding carboxylic acids is 1. The first kappa shape index (κ1) is 16.3. The zero-order valence-electron chi connectivity index (χ0n) is 12.2. The number of benzene rings is 1. The summed E-state index contributed by atoms with van der Waals surface area (Å²) in [4.78, 5) is 13.7. The van der Waals surface area contributed by atoms with Crippen LogP contribution in [0, 0.1) is 5.92 Å². The molecule has 2 fully saturated rings. The summed E-state index contributed by atoms with van der Waals surface area (Å²) in [6.07, 6.45) is -4.04. The van der Waals surface area contributed by atoms with Crippen molar-refractivity contribution < 1.29 is 26.4 Å². The third-order valence-electron chi connectivity index (χ3n) is 4.46. The van der Waals surface area contributed by atoms with Gasteiger partial charge in [-0.1, -0.05) is 18.2 Å². The molecule has 2 aliphatic heterocycles. The Morgan fingerprint density at radius 3 is 2.48 bits per heavy atom. The molecular formula is C15H16F3NO3S. The van der Waals surface area contributed by atoms with E-state index in [-0.39, 0.29) is 23.3 Å². The van der Waals surface area contributed by atoms with Crippen LogP contribution in [0.4, 0.5) is 13.2 Å². The van der Waals surface area contributed by atoms with Crippen molar-refractivity contribution >= 4 is 15.7 Å². The summed E-state index contributed by atoms with van der Waals surface area (Å²) in [6, 6.07) is 5.13. The lowest BCUT2D eigenvalue weighted by Gasteiger charge is -2.41. The number of carbonyl (C=O) groups is 1. The summed E-state index contributed by atoms with van der Waals surface area (Å²) < 4.78 is 61.0. The molecule has 8 heteroatoms. The maximum absolute atomic E-state index is 12.7. The lowest BCUT2D eigenvalue weighted by molar-refractivity contribution is -0.140. The summed E-state index contributed by atoms with van der Waals surface area (Å²) in [6.45, 7) is 0.688. The Morgan fingerprint density at radius 2 is 1.91 bits per heavy atom. The highest BCUT2D eigenvalue weighted by atomic mass is 32.2. The van der Waals surface area contributed by atoms with E-state index in [0.29, 0.717) is 25.1 Å². The maximum Gasteiger partial charge on any atom is 0.416 e. The Hall–Kier alpha value is -1.57. The molecule has 23 heavy (non-hydrogen) atoms. The minimum Gasteiger partial charge on any atom is -0.341 e. The Bertz CT molecular complexity index is 724. The number of hydrogen-bond donors (Lipinski definition) is 0. The molecule has 1 atom stereocenters. The highest BCUT2D eigenvalue weighted by Gasteiger charge is 2.40. The molecule has 2 aliphatic rings. The van der Waals surface area contributed by atoms with E-state index in [1.807, 2.05) is 0 Å². The van der Waals surface area contributed by atoms with E-state index in [1.165, 1.54) is 11.0 Å². The van der Waals surface area contributed by atoms with Gasteiger partial charge in [0.1, 0.15) is 0 Å². The van der Waals surface area contributed by atoms with Gasteiger partial charge in [-0.05, 0) is 18.1 Å². The van der Waals surface area contributed by atoms with E-state index in [2.05, 4.69) is 0 Å². The third kappa shape index (κ3) is 3.36. The molecule has 1 unspecified atom stereocenters. The van der Waals surface area contributed by atoms with Crippen LogP contribution in [0.3, 0.4) is 0 Å². The van der Waals surface area contributed by atoms with Crippen LogP contribution in [-0.2, 0) is 20.8 Å². The molecule has 0 aliphatic carbocycles. The number of nitrogens with zero attached hydrogens (tertiary/aromatic N) is 1. The number of alkyl halides is 3. The van der Waals surface area contributed by atoms with E-state index in [9.17, 15) is 26.4 Å². The van der Waals surface area contributed by atoms with Crippen molar-refractivity contribution in [3.05, 3.63) is 35.4 Å². The van der Waals surface area contributed by atoms with Crippen molar-refractivity contribution in [2.45, 2.75) is 18.5 Å². The van der Waals surface area contributed by atoms with E-state index in [1.54, 1.807) is 6.07 Å². The van der Waals surface area contributed by atoms with Crippen LogP contribution in [0.2, 0.25) is 0 Å². The van der Waals surface area contributed by atoms with E-state index in [0.717, 1.165) is 12.1 Å². The van der Waals surface area contributed by atoms with Crippen LogP contribution in [-0.4, -0.2) is 43.8 Å². The Labute approximate surface area is 132 Å². The van der Waals surface area contributed by atoms with Crippen LogP contribution in [0.15, 0.2) is 24.3 Å². The van der Waals surface area contributed by atoms with Gasteiger partial charge in [-0.2, -0.15) is 13.2 Å². The van der Waals surface area contributed by atoms with Gasteiger partial charge in [0.05, 0.1) is 23.0 Å². The average Bonchev–Trinajstić information content (AvgIpc) is 2.77. The summed E-state index contributed by atoms with van der Waals surface area (Å²) in [5, 5.41) is 0. The maximum atomic E-state index is 12.7. The molecule has 0 spiro atoms. The highest BCUT2D eigenvalue weighted by Crippen LogP contribution is 2.34. The number of amides is 1. The Balaban J connectivity index is 1.62. The van der Waals surface area contributed by atoms with Crippen LogP contribution in [0.25, 0.3) is 0 Å². The normalized spacial score (nSPS) is 24.5. The summed E-state index contributed by atoms with van der Waals surface area (Å²) >= 11 is 0. The minimum absolute atomic E-state index is 0.0360. The highest BCUT2D eigenvalue weighted by molar-refractivity contribution is 7.91. The number of likely N-dealkylation sites (tertiary alicyclic amines) is 1. The zero-order chi connectivity index (χ0) is 16.8. The van der Waals surface area contributed by atoms with Gasteiger partial charge in [0.2, 0.25) is 5.91 Å². The van der Waals surface area contributed by atoms with Crippen molar-refractivity contribution in [2.75, 3.05) is 24.6 Å². The second-order valence-electron chi connectivity index (χ2n) is 6.16. The zero-order valence-corrected chi connectivity index (χ0v) is 13.0. The predicted molar refractivity (Wildman–Crippen MR) is 77.5 cm³/mol.